The van der Waals surface area contributed by atoms with Crippen molar-refractivity contribution >= 4 is 5.78 Å². The Balaban J connectivity index is 0.000000257. The SMILES string of the molecule is CC(O)CC(C)O.CC1CC(C)OC2(O1)C(C)CCCC2C.CC1CCCC(C)C1=O. The summed E-state index contributed by atoms with van der Waals surface area (Å²) in [5.74, 6) is 1.94. The van der Waals surface area contributed by atoms with Crippen LogP contribution in [0.5, 0.6) is 0 Å². The number of carbonyl (C=O) groups is 1. The molecule has 2 aliphatic carbocycles. The van der Waals surface area contributed by atoms with Gasteiger partial charge in [0.2, 0.25) is 0 Å². The molecule has 5 heteroatoms. The van der Waals surface area contributed by atoms with E-state index < -0.39 is 0 Å². The number of hydrogen-bond acceptors (Lipinski definition) is 5. The molecule has 0 amide bonds. The molecule has 0 aromatic rings. The van der Waals surface area contributed by atoms with Crippen LogP contribution < -0.4 is 0 Å². The molecule has 2 N–H and O–H groups in total. The van der Waals surface area contributed by atoms with Gasteiger partial charge in [0, 0.05) is 23.7 Å². The smallest absolute Gasteiger partial charge is 0.173 e. The molecule has 2 saturated carbocycles. The lowest BCUT2D eigenvalue weighted by Crippen LogP contribution is -2.56. The van der Waals surface area contributed by atoms with E-state index in [1.54, 1.807) is 13.8 Å². The first-order chi connectivity index (χ1) is 14.4. The average Bonchev–Trinajstić information content (AvgIpc) is 2.63. The van der Waals surface area contributed by atoms with Crippen LogP contribution in [0.2, 0.25) is 0 Å². The van der Waals surface area contributed by atoms with E-state index >= 15 is 0 Å². The zero-order valence-corrected chi connectivity index (χ0v) is 21.4. The molecule has 8 unspecified atom stereocenters. The van der Waals surface area contributed by atoms with Crippen molar-refractivity contribution in [1.82, 2.24) is 0 Å². The highest BCUT2D eigenvalue weighted by molar-refractivity contribution is 5.83. The average molecular weight is 443 g/mol. The highest BCUT2D eigenvalue weighted by Gasteiger charge is 2.50. The summed E-state index contributed by atoms with van der Waals surface area (Å²) in [6, 6.07) is 0. The molecule has 0 bridgehead atoms. The van der Waals surface area contributed by atoms with Crippen LogP contribution in [0.15, 0.2) is 0 Å². The molecule has 1 heterocycles. The van der Waals surface area contributed by atoms with Crippen LogP contribution >= 0.6 is 0 Å². The molecule has 184 valence electrons. The van der Waals surface area contributed by atoms with Gasteiger partial charge < -0.3 is 19.7 Å². The molecule has 5 nitrogen and oxygen atoms in total. The summed E-state index contributed by atoms with van der Waals surface area (Å²) in [5.41, 5.74) is 0. The van der Waals surface area contributed by atoms with Gasteiger partial charge in [-0.3, -0.25) is 4.79 Å². The lowest BCUT2D eigenvalue weighted by molar-refractivity contribution is -0.361. The Hall–Kier alpha value is -0.490. The maximum Gasteiger partial charge on any atom is 0.173 e. The molecular formula is C26H50O5. The predicted molar refractivity (Wildman–Crippen MR) is 126 cm³/mol. The number of hydrogen-bond donors (Lipinski definition) is 2. The predicted octanol–water partition coefficient (Wildman–Crippen LogP) is 5.50. The molecule has 1 saturated heterocycles. The Bertz CT molecular complexity index is 478. The lowest BCUT2D eigenvalue weighted by Gasteiger charge is -2.52. The Labute approximate surface area is 191 Å². The first kappa shape index (κ1) is 28.5. The van der Waals surface area contributed by atoms with Gasteiger partial charge in [0.1, 0.15) is 5.78 Å². The Morgan fingerprint density at radius 3 is 1.52 bits per heavy atom. The summed E-state index contributed by atoms with van der Waals surface area (Å²) >= 11 is 0. The van der Waals surface area contributed by atoms with E-state index in [-0.39, 0.29) is 18.0 Å². The second-order valence-corrected chi connectivity index (χ2v) is 10.6. The molecule has 1 aliphatic heterocycles. The van der Waals surface area contributed by atoms with Crippen molar-refractivity contribution in [2.45, 2.75) is 137 Å². The van der Waals surface area contributed by atoms with Crippen LogP contribution in [0.1, 0.15) is 107 Å². The molecule has 3 rings (SSSR count). The van der Waals surface area contributed by atoms with E-state index in [0.29, 0.717) is 48.1 Å². The van der Waals surface area contributed by atoms with E-state index in [4.69, 9.17) is 19.7 Å². The number of Topliss-reactive ketones (excluding diaryl/α,β-unsaturated/α-hetero) is 1. The van der Waals surface area contributed by atoms with Crippen molar-refractivity contribution in [3.63, 3.8) is 0 Å². The largest absolute Gasteiger partial charge is 0.393 e. The fraction of sp³-hybridized carbons (Fsp3) is 0.962. The Kier molecular flexibility index (Phi) is 12.2. The third kappa shape index (κ3) is 9.11. The summed E-state index contributed by atoms with van der Waals surface area (Å²) in [6.45, 7) is 16.3. The van der Waals surface area contributed by atoms with Gasteiger partial charge in [0.25, 0.3) is 0 Å². The number of ketones is 1. The normalized spacial score (nSPS) is 40.1. The van der Waals surface area contributed by atoms with Crippen LogP contribution in [0, 0.1) is 23.7 Å². The third-order valence-electron chi connectivity index (χ3n) is 7.01. The fourth-order valence-corrected chi connectivity index (χ4v) is 5.30. The molecule has 31 heavy (non-hydrogen) atoms. The van der Waals surface area contributed by atoms with Gasteiger partial charge in [-0.25, -0.2) is 0 Å². The number of aliphatic hydroxyl groups is 2. The van der Waals surface area contributed by atoms with Gasteiger partial charge in [-0.1, -0.05) is 40.5 Å². The van der Waals surface area contributed by atoms with Crippen LogP contribution in [-0.4, -0.2) is 46.2 Å². The minimum Gasteiger partial charge on any atom is -0.393 e. The maximum absolute atomic E-state index is 11.1. The number of carbonyl (C=O) groups excluding carboxylic acids is 1. The van der Waals surface area contributed by atoms with Crippen LogP contribution in [0.3, 0.4) is 0 Å². The van der Waals surface area contributed by atoms with Gasteiger partial charge in [0.15, 0.2) is 5.79 Å². The monoisotopic (exact) mass is 442 g/mol. The molecule has 3 aliphatic rings. The van der Waals surface area contributed by atoms with Crippen molar-refractivity contribution in [2.75, 3.05) is 0 Å². The number of rotatable bonds is 2. The topological polar surface area (TPSA) is 76.0 Å². The standard InChI is InChI=1S/C13H24O2.C8H14O.C5H12O2/c1-9-6-5-7-10(2)13(9)14-11(3)8-12(4)15-13;1-6-4-3-5-7(2)8(6)9;1-4(6)3-5(2)7/h9-12H,5-8H2,1-4H3;6-7H,3-5H2,1-2H3;4-7H,3H2,1-2H3. The van der Waals surface area contributed by atoms with Gasteiger partial charge >= 0.3 is 0 Å². The molecule has 3 fully saturated rings. The zero-order chi connectivity index (χ0) is 23.8. The van der Waals surface area contributed by atoms with Crippen molar-refractivity contribution in [2.24, 2.45) is 23.7 Å². The van der Waals surface area contributed by atoms with E-state index in [0.717, 1.165) is 19.3 Å². The van der Waals surface area contributed by atoms with Crippen LogP contribution in [0.25, 0.3) is 0 Å². The van der Waals surface area contributed by atoms with Gasteiger partial charge in [-0.05, 0) is 66.2 Å². The molecule has 0 radical (unpaired) electrons. The third-order valence-corrected chi connectivity index (χ3v) is 7.01. The van der Waals surface area contributed by atoms with Crippen molar-refractivity contribution in [3.05, 3.63) is 0 Å². The summed E-state index contributed by atoms with van der Waals surface area (Å²) < 4.78 is 12.4. The minimum atomic E-state index is -0.375. The number of aliphatic hydroxyl groups excluding tert-OH is 2. The summed E-state index contributed by atoms with van der Waals surface area (Å²) in [5, 5.41) is 17.1. The summed E-state index contributed by atoms with van der Waals surface area (Å²) in [6.07, 6.45) is 8.71. The van der Waals surface area contributed by atoms with Gasteiger partial charge in [-0.2, -0.15) is 0 Å². The molecular weight excluding hydrogens is 392 g/mol. The van der Waals surface area contributed by atoms with Gasteiger partial charge in [0.05, 0.1) is 24.4 Å². The molecule has 0 aromatic heterocycles. The van der Waals surface area contributed by atoms with E-state index in [9.17, 15) is 4.79 Å². The first-order valence-electron chi connectivity index (χ1n) is 12.6. The fourth-order valence-electron chi connectivity index (χ4n) is 5.30. The quantitative estimate of drug-likeness (QED) is 0.590. The van der Waals surface area contributed by atoms with E-state index in [1.165, 1.54) is 25.7 Å². The Morgan fingerprint density at radius 1 is 0.806 bits per heavy atom. The summed E-state index contributed by atoms with van der Waals surface area (Å²) in [4.78, 5) is 11.1. The summed E-state index contributed by atoms with van der Waals surface area (Å²) in [7, 11) is 0. The number of ether oxygens (including phenoxy) is 2. The Morgan fingerprint density at radius 2 is 1.19 bits per heavy atom. The second-order valence-electron chi connectivity index (χ2n) is 10.6. The first-order valence-corrected chi connectivity index (χ1v) is 12.6. The molecule has 0 aromatic carbocycles. The van der Waals surface area contributed by atoms with Crippen LogP contribution in [0.4, 0.5) is 0 Å². The van der Waals surface area contributed by atoms with Crippen molar-refractivity contribution < 1.29 is 24.5 Å². The maximum atomic E-state index is 11.1. The van der Waals surface area contributed by atoms with Gasteiger partial charge in [-0.15, -0.1) is 0 Å². The van der Waals surface area contributed by atoms with E-state index in [2.05, 4.69) is 27.7 Å². The van der Waals surface area contributed by atoms with Crippen molar-refractivity contribution in [1.29, 1.82) is 0 Å². The molecule has 8 atom stereocenters. The zero-order valence-electron chi connectivity index (χ0n) is 21.4. The minimum absolute atomic E-state index is 0.282. The highest BCUT2D eigenvalue weighted by atomic mass is 16.7. The lowest BCUT2D eigenvalue weighted by atomic mass is 9.76. The highest BCUT2D eigenvalue weighted by Crippen LogP contribution is 2.46. The van der Waals surface area contributed by atoms with E-state index in [1.807, 2.05) is 13.8 Å². The van der Waals surface area contributed by atoms with Crippen molar-refractivity contribution in [3.8, 4) is 0 Å². The van der Waals surface area contributed by atoms with Crippen LogP contribution in [-0.2, 0) is 14.3 Å². The second kappa shape index (κ2) is 13.3. The molecule has 1 spiro atoms.